The van der Waals surface area contributed by atoms with Crippen LogP contribution in [0.5, 0.6) is 5.75 Å². The number of carbonyl (C=O) groups excluding carboxylic acids is 1. The molecule has 0 saturated carbocycles. The standard InChI is InChI=1S/C24H24N4O2S2/c1-16-6-10-19(11-7-16)28-23(18-8-12-20(30-3)13-9-18)26-27-24(28)32-15-22(29)25-17(2)21-5-4-14-31-21/h4-14,17H,15H2,1-3H3,(H,25,29). The Labute approximate surface area is 195 Å². The number of hydrogen-bond acceptors (Lipinski definition) is 6. The summed E-state index contributed by atoms with van der Waals surface area (Å²) in [6.07, 6.45) is 0. The Bertz CT molecular complexity index is 1170. The van der Waals surface area contributed by atoms with Crippen LogP contribution in [0, 0.1) is 6.92 Å². The van der Waals surface area contributed by atoms with Crippen molar-refractivity contribution >= 4 is 29.0 Å². The second kappa shape index (κ2) is 10.0. The van der Waals surface area contributed by atoms with E-state index in [9.17, 15) is 4.79 Å². The van der Waals surface area contributed by atoms with Gasteiger partial charge in [0.15, 0.2) is 11.0 Å². The smallest absolute Gasteiger partial charge is 0.230 e. The molecule has 4 aromatic rings. The molecule has 2 aromatic carbocycles. The summed E-state index contributed by atoms with van der Waals surface area (Å²) in [6.45, 7) is 4.04. The van der Waals surface area contributed by atoms with Crippen LogP contribution < -0.4 is 10.1 Å². The lowest BCUT2D eigenvalue weighted by Gasteiger charge is -2.13. The fraction of sp³-hybridized carbons (Fsp3) is 0.208. The Morgan fingerprint density at radius 3 is 2.53 bits per heavy atom. The minimum atomic E-state index is -0.0413. The second-order valence-electron chi connectivity index (χ2n) is 7.30. The van der Waals surface area contributed by atoms with Gasteiger partial charge >= 0.3 is 0 Å². The number of benzene rings is 2. The predicted molar refractivity (Wildman–Crippen MR) is 130 cm³/mol. The second-order valence-corrected chi connectivity index (χ2v) is 9.22. The van der Waals surface area contributed by atoms with Crippen LogP contribution in [0.15, 0.2) is 71.2 Å². The number of ether oxygens (including phenoxy) is 1. The molecule has 32 heavy (non-hydrogen) atoms. The summed E-state index contributed by atoms with van der Waals surface area (Å²) in [5, 5.41) is 14.6. The van der Waals surface area contributed by atoms with Crippen molar-refractivity contribution in [1.29, 1.82) is 0 Å². The number of nitrogens with one attached hydrogen (secondary N) is 1. The summed E-state index contributed by atoms with van der Waals surface area (Å²) in [5.74, 6) is 1.70. The molecule has 0 spiro atoms. The zero-order valence-electron chi connectivity index (χ0n) is 18.1. The quantitative estimate of drug-likeness (QED) is 0.359. The highest BCUT2D eigenvalue weighted by Crippen LogP contribution is 2.29. The summed E-state index contributed by atoms with van der Waals surface area (Å²) in [6, 6.07) is 19.9. The lowest BCUT2D eigenvalue weighted by Crippen LogP contribution is -2.27. The van der Waals surface area contributed by atoms with Crippen LogP contribution in [0.2, 0.25) is 0 Å². The molecule has 0 fully saturated rings. The van der Waals surface area contributed by atoms with Gasteiger partial charge in [-0.3, -0.25) is 9.36 Å². The lowest BCUT2D eigenvalue weighted by atomic mass is 10.2. The van der Waals surface area contributed by atoms with Gasteiger partial charge in [0.1, 0.15) is 5.75 Å². The summed E-state index contributed by atoms with van der Waals surface area (Å²) in [7, 11) is 1.64. The molecule has 8 heteroatoms. The average molecular weight is 465 g/mol. The van der Waals surface area contributed by atoms with E-state index in [4.69, 9.17) is 4.74 Å². The van der Waals surface area contributed by atoms with Crippen molar-refractivity contribution in [3.05, 3.63) is 76.5 Å². The minimum absolute atomic E-state index is 0.0204. The molecule has 0 aliphatic heterocycles. The van der Waals surface area contributed by atoms with Gasteiger partial charge < -0.3 is 10.1 Å². The number of hydrogen-bond donors (Lipinski definition) is 1. The van der Waals surface area contributed by atoms with Crippen LogP contribution in [-0.4, -0.2) is 33.5 Å². The summed E-state index contributed by atoms with van der Waals surface area (Å²) >= 11 is 3.01. The summed E-state index contributed by atoms with van der Waals surface area (Å²) in [4.78, 5) is 13.7. The van der Waals surface area contributed by atoms with Gasteiger partial charge in [0.25, 0.3) is 0 Å². The molecule has 1 amide bonds. The van der Waals surface area contributed by atoms with Crippen LogP contribution >= 0.6 is 23.1 Å². The SMILES string of the molecule is COc1ccc(-c2nnc(SCC(=O)NC(C)c3cccs3)n2-c2ccc(C)cc2)cc1. The zero-order valence-corrected chi connectivity index (χ0v) is 19.7. The van der Waals surface area contributed by atoms with Gasteiger partial charge in [-0.05, 0) is 61.7 Å². The highest BCUT2D eigenvalue weighted by molar-refractivity contribution is 7.99. The van der Waals surface area contributed by atoms with E-state index in [1.165, 1.54) is 17.3 Å². The zero-order chi connectivity index (χ0) is 22.5. The molecule has 164 valence electrons. The van der Waals surface area contributed by atoms with Crippen molar-refractivity contribution in [2.75, 3.05) is 12.9 Å². The minimum Gasteiger partial charge on any atom is -0.497 e. The molecular formula is C24H24N4O2S2. The van der Waals surface area contributed by atoms with E-state index in [1.54, 1.807) is 18.4 Å². The van der Waals surface area contributed by atoms with Crippen molar-refractivity contribution in [3.63, 3.8) is 0 Å². The molecule has 4 rings (SSSR count). The van der Waals surface area contributed by atoms with Gasteiger partial charge in [-0.2, -0.15) is 0 Å². The predicted octanol–water partition coefficient (Wildman–Crippen LogP) is 5.28. The van der Waals surface area contributed by atoms with E-state index in [0.717, 1.165) is 21.9 Å². The van der Waals surface area contributed by atoms with Crippen LogP contribution in [0.25, 0.3) is 17.1 Å². The molecule has 0 aliphatic rings. The topological polar surface area (TPSA) is 69.0 Å². The van der Waals surface area contributed by atoms with E-state index in [1.807, 2.05) is 65.4 Å². The number of aryl methyl sites for hydroxylation is 1. The van der Waals surface area contributed by atoms with Gasteiger partial charge in [-0.15, -0.1) is 21.5 Å². The molecule has 1 unspecified atom stereocenters. The van der Waals surface area contributed by atoms with Crippen molar-refractivity contribution in [3.8, 4) is 22.8 Å². The number of thiophene rings is 1. The van der Waals surface area contributed by atoms with Gasteiger partial charge in [-0.25, -0.2) is 0 Å². The number of aromatic nitrogens is 3. The first-order valence-corrected chi connectivity index (χ1v) is 12.0. The third kappa shape index (κ3) is 5.03. The number of amides is 1. The highest BCUT2D eigenvalue weighted by atomic mass is 32.2. The van der Waals surface area contributed by atoms with E-state index >= 15 is 0 Å². The first-order valence-electron chi connectivity index (χ1n) is 10.2. The number of nitrogens with zero attached hydrogens (tertiary/aromatic N) is 3. The maximum absolute atomic E-state index is 12.6. The Hall–Kier alpha value is -3.10. The van der Waals surface area contributed by atoms with Crippen molar-refractivity contribution in [2.24, 2.45) is 0 Å². The lowest BCUT2D eigenvalue weighted by molar-refractivity contribution is -0.119. The molecule has 0 saturated heterocycles. The monoisotopic (exact) mass is 464 g/mol. The third-order valence-electron chi connectivity index (χ3n) is 4.95. The van der Waals surface area contributed by atoms with Gasteiger partial charge in [0.05, 0.1) is 18.9 Å². The van der Waals surface area contributed by atoms with Crippen LogP contribution in [0.4, 0.5) is 0 Å². The van der Waals surface area contributed by atoms with Crippen LogP contribution in [-0.2, 0) is 4.79 Å². The van der Waals surface area contributed by atoms with Gasteiger partial charge in [-0.1, -0.05) is 35.5 Å². The maximum atomic E-state index is 12.6. The van der Waals surface area contributed by atoms with Crippen LogP contribution in [0.1, 0.15) is 23.4 Å². The first kappa shape index (κ1) is 22.1. The molecule has 2 heterocycles. The number of rotatable bonds is 8. The largest absolute Gasteiger partial charge is 0.497 e. The van der Waals surface area contributed by atoms with Crippen LogP contribution in [0.3, 0.4) is 0 Å². The third-order valence-corrected chi connectivity index (χ3v) is 6.94. The normalized spacial score (nSPS) is 11.8. The van der Waals surface area contributed by atoms with E-state index in [2.05, 4.69) is 34.6 Å². The number of thioether (sulfide) groups is 1. The maximum Gasteiger partial charge on any atom is 0.230 e. The average Bonchev–Trinajstić information content (AvgIpc) is 3.49. The number of methoxy groups -OCH3 is 1. The summed E-state index contributed by atoms with van der Waals surface area (Å²) < 4.78 is 7.26. The first-order chi connectivity index (χ1) is 15.5. The van der Waals surface area contributed by atoms with Gasteiger partial charge in [0, 0.05) is 16.1 Å². The molecule has 0 aliphatic carbocycles. The van der Waals surface area contributed by atoms with Gasteiger partial charge in [0.2, 0.25) is 5.91 Å². The van der Waals surface area contributed by atoms with E-state index in [0.29, 0.717) is 11.0 Å². The van der Waals surface area contributed by atoms with Crippen molar-refractivity contribution in [1.82, 2.24) is 20.1 Å². The molecule has 1 atom stereocenters. The summed E-state index contributed by atoms with van der Waals surface area (Å²) in [5.41, 5.74) is 3.03. The van der Waals surface area contributed by atoms with Crippen molar-refractivity contribution < 1.29 is 9.53 Å². The molecule has 1 N–H and O–H groups in total. The molecule has 2 aromatic heterocycles. The molecule has 6 nitrogen and oxygen atoms in total. The Morgan fingerprint density at radius 1 is 1.12 bits per heavy atom. The Morgan fingerprint density at radius 2 is 1.88 bits per heavy atom. The molecular weight excluding hydrogens is 440 g/mol. The Balaban J connectivity index is 1.58. The van der Waals surface area contributed by atoms with Crippen molar-refractivity contribution in [2.45, 2.75) is 25.0 Å². The Kier molecular flexibility index (Phi) is 6.92. The molecule has 0 radical (unpaired) electrons. The highest BCUT2D eigenvalue weighted by Gasteiger charge is 2.18. The van der Waals surface area contributed by atoms with E-state index in [-0.39, 0.29) is 17.7 Å². The molecule has 0 bridgehead atoms. The number of carbonyl (C=O) groups is 1. The fourth-order valence-electron chi connectivity index (χ4n) is 3.24. The fourth-order valence-corrected chi connectivity index (χ4v) is 4.74. The van der Waals surface area contributed by atoms with E-state index < -0.39 is 0 Å².